The van der Waals surface area contributed by atoms with E-state index < -0.39 is 11.0 Å². The summed E-state index contributed by atoms with van der Waals surface area (Å²) in [6, 6.07) is 5.38. The number of nitro benzene ring substituents is 1. The van der Waals surface area contributed by atoms with Crippen LogP contribution in [0.25, 0.3) is 0 Å². The van der Waals surface area contributed by atoms with Crippen molar-refractivity contribution in [2.75, 3.05) is 5.32 Å². The van der Waals surface area contributed by atoms with Crippen LogP contribution in [0.5, 0.6) is 0 Å². The quantitative estimate of drug-likeness (QED) is 0.532. The van der Waals surface area contributed by atoms with Gasteiger partial charge < -0.3 is 16.4 Å². The minimum absolute atomic E-state index is 0.00805. The number of non-ortho nitro benzene ring substituents is 1. The van der Waals surface area contributed by atoms with E-state index >= 15 is 0 Å². The van der Waals surface area contributed by atoms with Crippen LogP contribution in [-0.4, -0.2) is 23.0 Å². The molecule has 1 aliphatic carbocycles. The lowest BCUT2D eigenvalue weighted by atomic mass is 10.3. The Hall–Kier alpha value is -2.15. The van der Waals surface area contributed by atoms with Crippen molar-refractivity contribution in [2.45, 2.75) is 18.5 Å². The molecule has 0 aliphatic heterocycles. The fourth-order valence-electron chi connectivity index (χ4n) is 1.41. The first-order valence-corrected chi connectivity index (χ1v) is 5.14. The molecule has 2 rings (SSSR count). The first-order valence-electron chi connectivity index (χ1n) is 5.14. The summed E-state index contributed by atoms with van der Waals surface area (Å²) >= 11 is 0. The Morgan fingerprint density at radius 3 is 2.82 bits per heavy atom. The van der Waals surface area contributed by atoms with Crippen molar-refractivity contribution in [2.24, 2.45) is 5.73 Å². The molecule has 1 aliphatic rings. The van der Waals surface area contributed by atoms with Crippen molar-refractivity contribution in [3.63, 3.8) is 0 Å². The molecule has 0 bridgehead atoms. The van der Waals surface area contributed by atoms with E-state index in [0.717, 1.165) is 6.42 Å². The molecule has 0 aromatic heterocycles. The fourth-order valence-corrected chi connectivity index (χ4v) is 1.41. The fraction of sp³-hybridized carbons (Fsp3) is 0.300. The van der Waals surface area contributed by atoms with Gasteiger partial charge in [0.25, 0.3) is 5.69 Å². The lowest BCUT2D eigenvalue weighted by molar-refractivity contribution is -0.384. The van der Waals surface area contributed by atoms with E-state index in [9.17, 15) is 14.9 Å². The summed E-state index contributed by atoms with van der Waals surface area (Å²) in [7, 11) is 0. The van der Waals surface area contributed by atoms with Crippen molar-refractivity contribution in [1.82, 2.24) is 5.32 Å². The van der Waals surface area contributed by atoms with Crippen LogP contribution in [0, 0.1) is 10.1 Å². The van der Waals surface area contributed by atoms with Crippen LogP contribution in [-0.2, 0) is 0 Å². The second-order valence-electron chi connectivity index (χ2n) is 3.91. The van der Waals surface area contributed by atoms with E-state index in [-0.39, 0.29) is 17.8 Å². The number of hydrogen-bond acceptors (Lipinski definition) is 4. The third kappa shape index (κ3) is 2.91. The molecular formula is C10H12N4O3. The molecule has 7 heteroatoms. The number of rotatable bonds is 3. The number of nitrogens with zero attached hydrogens (tertiary/aromatic N) is 1. The molecule has 1 fully saturated rings. The summed E-state index contributed by atoms with van der Waals surface area (Å²) in [4.78, 5) is 21.5. The average molecular weight is 236 g/mol. The van der Waals surface area contributed by atoms with Crippen LogP contribution in [0.15, 0.2) is 24.3 Å². The van der Waals surface area contributed by atoms with Gasteiger partial charge in [0.2, 0.25) is 0 Å². The van der Waals surface area contributed by atoms with Crippen LogP contribution < -0.4 is 16.4 Å². The van der Waals surface area contributed by atoms with Crippen molar-refractivity contribution in [1.29, 1.82) is 0 Å². The van der Waals surface area contributed by atoms with E-state index in [1.165, 1.54) is 18.2 Å². The lowest BCUT2D eigenvalue weighted by Crippen LogP contribution is -2.33. The Morgan fingerprint density at radius 1 is 1.53 bits per heavy atom. The standard InChI is InChI=1S/C10H12N4O3/c11-8-5-9(8)13-10(15)12-6-2-1-3-7(4-6)14(16)17/h1-4,8-9H,5,11H2,(H2,12,13,15). The van der Waals surface area contributed by atoms with Crippen molar-refractivity contribution >= 4 is 17.4 Å². The molecule has 1 saturated carbocycles. The van der Waals surface area contributed by atoms with E-state index in [4.69, 9.17) is 5.73 Å². The second kappa shape index (κ2) is 4.38. The summed E-state index contributed by atoms with van der Waals surface area (Å²) in [5.74, 6) is 0. The van der Waals surface area contributed by atoms with Crippen molar-refractivity contribution in [3.05, 3.63) is 34.4 Å². The predicted octanol–water partition coefficient (Wildman–Crippen LogP) is 0.816. The Labute approximate surface area is 97.1 Å². The number of nitrogens with one attached hydrogen (secondary N) is 2. The van der Waals surface area contributed by atoms with Gasteiger partial charge in [0, 0.05) is 29.9 Å². The molecule has 0 spiro atoms. The summed E-state index contributed by atoms with van der Waals surface area (Å²) in [5.41, 5.74) is 5.86. The molecule has 2 unspecified atom stereocenters. The Balaban J connectivity index is 1.95. The largest absolute Gasteiger partial charge is 0.334 e. The molecule has 2 amide bonds. The van der Waals surface area contributed by atoms with Crippen LogP contribution in [0.2, 0.25) is 0 Å². The molecule has 90 valence electrons. The summed E-state index contributed by atoms with van der Waals surface area (Å²) < 4.78 is 0. The maximum absolute atomic E-state index is 11.4. The number of benzene rings is 1. The normalized spacial score (nSPS) is 21.7. The van der Waals surface area contributed by atoms with E-state index in [2.05, 4.69) is 10.6 Å². The summed E-state index contributed by atoms with van der Waals surface area (Å²) in [6.45, 7) is 0. The van der Waals surface area contributed by atoms with Gasteiger partial charge in [0.05, 0.1) is 4.92 Å². The highest BCUT2D eigenvalue weighted by atomic mass is 16.6. The molecule has 1 aromatic rings. The number of carbonyl (C=O) groups is 1. The maximum Gasteiger partial charge on any atom is 0.319 e. The van der Waals surface area contributed by atoms with Gasteiger partial charge in [-0.05, 0) is 12.5 Å². The number of nitrogens with two attached hydrogens (primary N) is 1. The van der Waals surface area contributed by atoms with Crippen LogP contribution in [0.4, 0.5) is 16.2 Å². The SMILES string of the molecule is NC1CC1NC(=O)Nc1cccc([N+](=O)[O-])c1. The number of nitro groups is 1. The van der Waals surface area contributed by atoms with Gasteiger partial charge in [-0.1, -0.05) is 6.07 Å². The highest BCUT2D eigenvalue weighted by Gasteiger charge is 2.34. The summed E-state index contributed by atoms with van der Waals surface area (Å²) in [6.07, 6.45) is 0.766. The molecule has 0 heterocycles. The highest BCUT2D eigenvalue weighted by molar-refractivity contribution is 5.90. The van der Waals surface area contributed by atoms with E-state index in [0.29, 0.717) is 5.69 Å². The van der Waals surface area contributed by atoms with E-state index in [1.807, 2.05) is 0 Å². The zero-order chi connectivity index (χ0) is 12.4. The van der Waals surface area contributed by atoms with Gasteiger partial charge in [0.15, 0.2) is 0 Å². The van der Waals surface area contributed by atoms with Crippen LogP contribution in [0.1, 0.15) is 6.42 Å². The number of hydrogen-bond donors (Lipinski definition) is 3. The summed E-state index contributed by atoms with van der Waals surface area (Å²) in [5, 5.41) is 15.7. The van der Waals surface area contributed by atoms with Crippen LogP contribution in [0.3, 0.4) is 0 Å². The Morgan fingerprint density at radius 2 is 2.24 bits per heavy atom. The molecule has 7 nitrogen and oxygen atoms in total. The highest BCUT2D eigenvalue weighted by Crippen LogP contribution is 2.19. The first-order chi connectivity index (χ1) is 8.06. The molecule has 0 radical (unpaired) electrons. The number of amides is 2. The topological polar surface area (TPSA) is 110 Å². The molecule has 0 saturated heterocycles. The number of urea groups is 1. The van der Waals surface area contributed by atoms with Crippen LogP contribution >= 0.6 is 0 Å². The van der Waals surface area contributed by atoms with Gasteiger partial charge in [-0.3, -0.25) is 10.1 Å². The molecule has 4 N–H and O–H groups in total. The van der Waals surface area contributed by atoms with Gasteiger partial charge in [-0.25, -0.2) is 4.79 Å². The maximum atomic E-state index is 11.4. The average Bonchev–Trinajstić information content (AvgIpc) is 2.94. The van der Waals surface area contributed by atoms with E-state index in [1.54, 1.807) is 6.07 Å². The zero-order valence-corrected chi connectivity index (χ0v) is 8.92. The van der Waals surface area contributed by atoms with Crippen molar-refractivity contribution in [3.8, 4) is 0 Å². The van der Waals surface area contributed by atoms with Gasteiger partial charge in [-0.15, -0.1) is 0 Å². The lowest BCUT2D eigenvalue weighted by Gasteiger charge is -2.06. The Kier molecular flexibility index (Phi) is 2.92. The molecular weight excluding hydrogens is 224 g/mol. The minimum Gasteiger partial charge on any atom is -0.334 e. The molecule has 1 aromatic carbocycles. The van der Waals surface area contributed by atoms with Gasteiger partial charge in [-0.2, -0.15) is 0 Å². The molecule has 2 atom stereocenters. The van der Waals surface area contributed by atoms with Crippen molar-refractivity contribution < 1.29 is 9.72 Å². The van der Waals surface area contributed by atoms with Gasteiger partial charge in [0.1, 0.15) is 0 Å². The monoisotopic (exact) mass is 236 g/mol. The number of carbonyl (C=O) groups excluding carboxylic acids is 1. The third-order valence-electron chi connectivity index (χ3n) is 2.47. The minimum atomic E-state index is -0.514. The second-order valence-corrected chi connectivity index (χ2v) is 3.91. The molecule has 17 heavy (non-hydrogen) atoms. The number of anilines is 1. The third-order valence-corrected chi connectivity index (χ3v) is 2.47. The predicted molar refractivity (Wildman–Crippen MR) is 61.6 cm³/mol. The zero-order valence-electron chi connectivity index (χ0n) is 8.92. The first kappa shape index (κ1) is 11.3. The Bertz CT molecular complexity index is 463. The smallest absolute Gasteiger partial charge is 0.319 e. The van der Waals surface area contributed by atoms with Gasteiger partial charge >= 0.3 is 6.03 Å².